The molecule has 0 aliphatic heterocycles. The van der Waals surface area contributed by atoms with Crippen molar-refractivity contribution < 1.29 is 9.47 Å². The number of nitrogens with zero attached hydrogens (tertiary/aromatic N) is 1. The predicted octanol–water partition coefficient (Wildman–Crippen LogP) is 7.00. The van der Waals surface area contributed by atoms with Crippen molar-refractivity contribution in [1.29, 1.82) is 5.26 Å². The van der Waals surface area contributed by atoms with Gasteiger partial charge < -0.3 is 14.8 Å². The first-order valence-electron chi connectivity index (χ1n) is 12.3. The van der Waals surface area contributed by atoms with Gasteiger partial charge in [0.15, 0.2) is 11.5 Å². The van der Waals surface area contributed by atoms with Gasteiger partial charge in [-0.1, -0.05) is 68.4 Å². The molecule has 35 heavy (non-hydrogen) atoms. The Labute approximate surface area is 208 Å². The zero-order chi connectivity index (χ0) is 24.8. The average molecular weight is 467 g/mol. The van der Waals surface area contributed by atoms with Crippen LogP contribution in [0.4, 0.5) is 0 Å². The Morgan fingerprint density at radius 2 is 1.49 bits per heavy atom. The fraction of sp³-hybridized carbons (Fsp3) is 0.323. The molecule has 0 heterocycles. The number of hydrogen-bond acceptors (Lipinski definition) is 4. The molecule has 180 valence electrons. The van der Waals surface area contributed by atoms with Crippen LogP contribution in [-0.4, -0.2) is 20.8 Å². The van der Waals surface area contributed by atoms with Crippen LogP contribution >= 0.6 is 0 Å². The minimum atomic E-state index is -0.590. The van der Waals surface area contributed by atoms with Crippen molar-refractivity contribution in [2.45, 2.75) is 38.6 Å². The quantitative estimate of drug-likeness (QED) is 0.202. The molecule has 0 bridgehead atoms. The van der Waals surface area contributed by atoms with Crippen molar-refractivity contribution in [3.05, 3.63) is 83.9 Å². The maximum Gasteiger partial charge on any atom is 0.161 e. The van der Waals surface area contributed by atoms with Gasteiger partial charge in [0.2, 0.25) is 0 Å². The van der Waals surface area contributed by atoms with Crippen molar-refractivity contribution in [3.8, 4) is 17.6 Å². The van der Waals surface area contributed by atoms with Crippen LogP contribution in [0.25, 0.3) is 21.5 Å². The molecule has 4 aromatic carbocycles. The van der Waals surface area contributed by atoms with E-state index in [0.717, 1.165) is 31.5 Å². The molecule has 0 spiro atoms. The molecule has 1 unspecified atom stereocenters. The first-order chi connectivity index (χ1) is 17.0. The summed E-state index contributed by atoms with van der Waals surface area (Å²) in [4.78, 5) is 0. The van der Waals surface area contributed by atoms with E-state index in [1.54, 1.807) is 14.2 Å². The van der Waals surface area contributed by atoms with Crippen LogP contribution in [0, 0.1) is 17.2 Å². The lowest BCUT2D eigenvalue weighted by molar-refractivity contribution is 0.341. The highest BCUT2D eigenvalue weighted by Gasteiger charge is 2.36. The van der Waals surface area contributed by atoms with E-state index in [9.17, 15) is 5.26 Å². The van der Waals surface area contributed by atoms with Gasteiger partial charge in [0.25, 0.3) is 0 Å². The molecule has 0 aliphatic rings. The lowest BCUT2D eigenvalue weighted by Crippen LogP contribution is -2.32. The summed E-state index contributed by atoms with van der Waals surface area (Å²) in [7, 11) is 3.26. The van der Waals surface area contributed by atoms with E-state index in [4.69, 9.17) is 9.47 Å². The second-order valence-electron chi connectivity index (χ2n) is 9.39. The Hall–Kier alpha value is -3.55. The van der Waals surface area contributed by atoms with Crippen LogP contribution in [-0.2, 0) is 12.0 Å². The molecule has 1 N–H and O–H groups in total. The van der Waals surface area contributed by atoms with Gasteiger partial charge in [0, 0.05) is 6.54 Å². The topological polar surface area (TPSA) is 54.3 Å². The maximum atomic E-state index is 10.3. The molecule has 0 aliphatic carbocycles. The third-order valence-electron chi connectivity index (χ3n) is 7.19. The molecule has 0 amide bonds. The number of fused-ring (bicyclic) bond motifs is 2. The van der Waals surface area contributed by atoms with E-state index in [0.29, 0.717) is 11.5 Å². The van der Waals surface area contributed by atoms with E-state index in [1.165, 1.54) is 27.1 Å². The summed E-state index contributed by atoms with van der Waals surface area (Å²) in [5.74, 6) is 1.50. The Balaban J connectivity index is 1.50. The van der Waals surface area contributed by atoms with Crippen LogP contribution in [0.1, 0.15) is 37.8 Å². The van der Waals surface area contributed by atoms with E-state index >= 15 is 0 Å². The van der Waals surface area contributed by atoms with Gasteiger partial charge in [-0.15, -0.1) is 0 Å². The Morgan fingerprint density at radius 3 is 2.06 bits per heavy atom. The van der Waals surface area contributed by atoms with E-state index in [2.05, 4.69) is 79.8 Å². The summed E-state index contributed by atoms with van der Waals surface area (Å²) in [5, 5.41) is 19.1. The van der Waals surface area contributed by atoms with Crippen LogP contribution < -0.4 is 14.8 Å². The van der Waals surface area contributed by atoms with Gasteiger partial charge in [0.1, 0.15) is 0 Å². The van der Waals surface area contributed by atoms with Gasteiger partial charge in [-0.3, -0.25) is 0 Å². The second kappa shape index (κ2) is 10.8. The van der Waals surface area contributed by atoms with Crippen molar-refractivity contribution in [3.63, 3.8) is 0 Å². The number of nitrogens with one attached hydrogen (secondary N) is 1. The minimum absolute atomic E-state index is 0.160. The first-order valence-corrected chi connectivity index (χ1v) is 12.3. The number of benzene rings is 4. The van der Waals surface area contributed by atoms with Gasteiger partial charge in [-0.2, -0.15) is 5.26 Å². The van der Waals surface area contributed by atoms with Gasteiger partial charge in [-0.25, -0.2) is 0 Å². The third-order valence-corrected chi connectivity index (χ3v) is 7.19. The van der Waals surface area contributed by atoms with Crippen LogP contribution in [0.15, 0.2) is 72.8 Å². The smallest absolute Gasteiger partial charge is 0.161 e. The molecule has 4 aromatic rings. The third kappa shape index (κ3) is 4.83. The van der Waals surface area contributed by atoms with E-state index in [1.807, 2.05) is 18.2 Å². The number of rotatable bonds is 10. The second-order valence-corrected chi connectivity index (χ2v) is 9.39. The molecule has 1 atom stereocenters. The summed E-state index contributed by atoms with van der Waals surface area (Å²) < 4.78 is 10.9. The Kier molecular flexibility index (Phi) is 7.58. The summed E-state index contributed by atoms with van der Waals surface area (Å²) in [5.41, 5.74) is 1.72. The highest BCUT2D eigenvalue weighted by Crippen LogP contribution is 2.40. The predicted molar refractivity (Wildman–Crippen MR) is 144 cm³/mol. The lowest BCUT2D eigenvalue weighted by Gasteiger charge is -2.32. The van der Waals surface area contributed by atoms with Crippen molar-refractivity contribution in [2.24, 2.45) is 5.92 Å². The minimum Gasteiger partial charge on any atom is -0.493 e. The molecule has 4 nitrogen and oxygen atoms in total. The van der Waals surface area contributed by atoms with E-state index in [-0.39, 0.29) is 5.92 Å². The number of hydrogen-bond donors (Lipinski definition) is 1. The van der Waals surface area contributed by atoms with E-state index < -0.39 is 5.41 Å². The molecule has 4 rings (SSSR count). The molecule has 0 radical (unpaired) electrons. The Bertz CT molecular complexity index is 1300. The molecular formula is C31H34N2O2. The Morgan fingerprint density at radius 1 is 0.857 bits per heavy atom. The summed E-state index contributed by atoms with van der Waals surface area (Å²) in [6, 6.07) is 27.9. The fourth-order valence-corrected chi connectivity index (χ4v) is 5.13. The lowest BCUT2D eigenvalue weighted by atomic mass is 9.70. The standard InChI is InChI=1S/C31H34N2O2/c1-22(2)31(21-32,25-14-15-29(34-3)30(19-25)35-4)16-9-17-33-20-28-26-12-7-5-10-23(26)18-24-11-6-8-13-27(24)28/h5-8,10-15,18-19,22,33H,9,16-17,20H2,1-4H3. The molecule has 0 saturated heterocycles. The van der Waals surface area contributed by atoms with Gasteiger partial charge in [-0.05, 0) is 76.2 Å². The zero-order valence-corrected chi connectivity index (χ0v) is 21.1. The normalized spacial score (nSPS) is 13.0. The molecule has 0 aromatic heterocycles. The zero-order valence-electron chi connectivity index (χ0n) is 21.1. The van der Waals surface area contributed by atoms with Crippen LogP contribution in [0.3, 0.4) is 0 Å². The highest BCUT2D eigenvalue weighted by molar-refractivity contribution is 6.02. The fourth-order valence-electron chi connectivity index (χ4n) is 5.13. The number of methoxy groups -OCH3 is 2. The summed E-state index contributed by atoms with van der Waals surface area (Å²) >= 11 is 0. The number of nitriles is 1. The van der Waals surface area contributed by atoms with Crippen LogP contribution in [0.2, 0.25) is 0 Å². The average Bonchev–Trinajstić information content (AvgIpc) is 2.89. The molecular weight excluding hydrogens is 432 g/mol. The van der Waals surface area contributed by atoms with Crippen molar-refractivity contribution in [1.82, 2.24) is 5.32 Å². The molecule has 0 fully saturated rings. The monoisotopic (exact) mass is 466 g/mol. The van der Waals surface area contributed by atoms with Crippen molar-refractivity contribution in [2.75, 3.05) is 20.8 Å². The van der Waals surface area contributed by atoms with Gasteiger partial charge >= 0.3 is 0 Å². The SMILES string of the molecule is COc1ccc(C(C#N)(CCCNCc2c3ccccc3cc3ccccc23)C(C)C)cc1OC. The molecule has 0 saturated carbocycles. The highest BCUT2D eigenvalue weighted by atomic mass is 16.5. The first kappa shape index (κ1) is 24.6. The largest absolute Gasteiger partial charge is 0.493 e. The molecule has 4 heteroatoms. The van der Waals surface area contributed by atoms with Crippen molar-refractivity contribution >= 4 is 21.5 Å². The van der Waals surface area contributed by atoms with Gasteiger partial charge in [0.05, 0.1) is 25.7 Å². The summed E-state index contributed by atoms with van der Waals surface area (Å²) in [6.45, 7) is 5.87. The maximum absolute atomic E-state index is 10.3. The summed E-state index contributed by atoms with van der Waals surface area (Å²) in [6.07, 6.45) is 1.66. The number of ether oxygens (including phenoxy) is 2. The van der Waals surface area contributed by atoms with Crippen LogP contribution in [0.5, 0.6) is 11.5 Å².